The highest BCUT2D eigenvalue weighted by Gasteiger charge is 2.30. The Bertz CT molecular complexity index is 348. The first-order valence-electron chi connectivity index (χ1n) is 5.57. The highest BCUT2D eigenvalue weighted by molar-refractivity contribution is 7.91. The van der Waals surface area contributed by atoms with Crippen LogP contribution >= 0.6 is 0 Å². The summed E-state index contributed by atoms with van der Waals surface area (Å²) in [7, 11) is -2.88. The van der Waals surface area contributed by atoms with Crippen LogP contribution in [0.15, 0.2) is 0 Å². The molecule has 0 aliphatic carbocycles. The summed E-state index contributed by atoms with van der Waals surface area (Å²) in [6.45, 7) is 3.53. The smallest absolute Gasteiger partial charge is 0.240 e. The highest BCUT2D eigenvalue weighted by atomic mass is 32.2. The van der Waals surface area contributed by atoms with Crippen molar-refractivity contribution in [2.24, 2.45) is 5.73 Å². The minimum atomic E-state index is -2.88. The number of nitrogens with two attached hydrogens (primary N) is 1. The summed E-state index contributed by atoms with van der Waals surface area (Å²) in [5.41, 5.74) is 4.93. The van der Waals surface area contributed by atoms with E-state index in [1.165, 1.54) is 0 Å². The van der Waals surface area contributed by atoms with Crippen LogP contribution in [0.4, 0.5) is 0 Å². The Kier molecular flexibility index (Phi) is 3.96. The number of sulfone groups is 1. The molecule has 3 N–H and O–H groups in total. The number of rotatable bonds is 3. The number of carbonyl (C=O) groups excluding carboxylic acids is 1. The molecule has 0 aromatic carbocycles. The molecule has 1 rings (SSSR count). The van der Waals surface area contributed by atoms with E-state index >= 15 is 0 Å². The molecule has 0 aromatic heterocycles. The van der Waals surface area contributed by atoms with Crippen molar-refractivity contribution in [3.63, 3.8) is 0 Å². The van der Waals surface area contributed by atoms with E-state index in [1.54, 1.807) is 6.92 Å². The number of nitrogens with one attached hydrogen (secondary N) is 1. The van der Waals surface area contributed by atoms with Crippen LogP contribution in [-0.2, 0) is 14.6 Å². The molecule has 1 saturated heterocycles. The van der Waals surface area contributed by atoms with Crippen LogP contribution in [-0.4, -0.2) is 37.4 Å². The number of amides is 1. The summed E-state index contributed by atoms with van der Waals surface area (Å²) in [4.78, 5) is 11.7. The quantitative estimate of drug-likeness (QED) is 0.724. The summed E-state index contributed by atoms with van der Waals surface area (Å²) in [6, 6.07) is -0.0505. The summed E-state index contributed by atoms with van der Waals surface area (Å²) >= 11 is 0. The van der Waals surface area contributed by atoms with Gasteiger partial charge in [0.2, 0.25) is 5.91 Å². The predicted octanol–water partition coefficient (Wildman–Crippen LogP) is -0.193. The first-order chi connectivity index (χ1) is 7.27. The van der Waals surface area contributed by atoms with Gasteiger partial charge in [0.05, 0.1) is 17.0 Å². The third-order valence-corrected chi connectivity index (χ3v) is 4.86. The van der Waals surface area contributed by atoms with Gasteiger partial charge in [-0.05, 0) is 26.2 Å². The Morgan fingerprint density at radius 1 is 1.44 bits per heavy atom. The van der Waals surface area contributed by atoms with Crippen LogP contribution in [0.5, 0.6) is 0 Å². The average Bonchev–Trinajstić information content (AvgIpc) is 2.21. The summed E-state index contributed by atoms with van der Waals surface area (Å²) in [5.74, 6) is 0.121. The van der Waals surface area contributed by atoms with Crippen molar-refractivity contribution in [1.29, 1.82) is 0 Å². The number of hydrogen-bond acceptors (Lipinski definition) is 4. The Morgan fingerprint density at radius 2 is 1.94 bits per heavy atom. The maximum Gasteiger partial charge on any atom is 0.240 e. The van der Waals surface area contributed by atoms with Crippen molar-refractivity contribution in [2.75, 3.05) is 11.5 Å². The number of hydrogen-bond donors (Lipinski definition) is 2. The molecular formula is C10H20N2O3S. The van der Waals surface area contributed by atoms with Gasteiger partial charge in [0.25, 0.3) is 0 Å². The zero-order chi connectivity index (χ0) is 12.4. The SMILES string of the molecule is CCC(C)(N)C(=O)NC1CCS(=O)(=O)CC1. The minimum Gasteiger partial charge on any atom is -0.352 e. The second-order valence-corrected chi connectivity index (χ2v) is 6.97. The van der Waals surface area contributed by atoms with E-state index in [4.69, 9.17) is 5.73 Å². The van der Waals surface area contributed by atoms with Crippen molar-refractivity contribution >= 4 is 15.7 Å². The third-order valence-electron chi connectivity index (χ3n) is 3.14. The van der Waals surface area contributed by atoms with E-state index in [1.807, 2.05) is 6.92 Å². The molecule has 1 fully saturated rings. The molecule has 0 spiro atoms. The van der Waals surface area contributed by atoms with Gasteiger partial charge in [-0.2, -0.15) is 0 Å². The Labute approximate surface area is 96.7 Å². The average molecular weight is 248 g/mol. The molecule has 1 heterocycles. The number of carbonyl (C=O) groups is 1. The zero-order valence-electron chi connectivity index (χ0n) is 9.82. The molecule has 1 amide bonds. The van der Waals surface area contributed by atoms with Crippen molar-refractivity contribution in [1.82, 2.24) is 5.32 Å². The van der Waals surface area contributed by atoms with Gasteiger partial charge in [0.15, 0.2) is 0 Å². The van der Waals surface area contributed by atoms with Gasteiger partial charge in [0, 0.05) is 6.04 Å². The lowest BCUT2D eigenvalue weighted by Gasteiger charge is -2.28. The maximum absolute atomic E-state index is 11.7. The fraction of sp³-hybridized carbons (Fsp3) is 0.900. The van der Waals surface area contributed by atoms with Crippen LogP contribution in [0.2, 0.25) is 0 Å². The third kappa shape index (κ3) is 3.45. The van der Waals surface area contributed by atoms with Gasteiger partial charge in [-0.3, -0.25) is 4.79 Å². The predicted molar refractivity (Wildman–Crippen MR) is 62.7 cm³/mol. The molecule has 94 valence electrons. The Hall–Kier alpha value is -0.620. The monoisotopic (exact) mass is 248 g/mol. The summed E-state index contributed by atoms with van der Waals surface area (Å²) in [6.07, 6.45) is 1.55. The first-order valence-corrected chi connectivity index (χ1v) is 7.39. The molecule has 6 heteroatoms. The molecule has 1 unspecified atom stereocenters. The van der Waals surface area contributed by atoms with E-state index in [9.17, 15) is 13.2 Å². The van der Waals surface area contributed by atoms with Crippen molar-refractivity contribution in [3.8, 4) is 0 Å². The van der Waals surface area contributed by atoms with E-state index in [0.29, 0.717) is 19.3 Å². The van der Waals surface area contributed by atoms with Crippen LogP contribution in [0.25, 0.3) is 0 Å². The van der Waals surface area contributed by atoms with Gasteiger partial charge >= 0.3 is 0 Å². The van der Waals surface area contributed by atoms with Crippen molar-refractivity contribution in [2.45, 2.75) is 44.7 Å². The summed E-state index contributed by atoms with van der Waals surface area (Å²) < 4.78 is 22.4. The molecule has 1 atom stereocenters. The molecular weight excluding hydrogens is 228 g/mol. The zero-order valence-corrected chi connectivity index (χ0v) is 10.6. The van der Waals surface area contributed by atoms with Crippen LogP contribution in [0.1, 0.15) is 33.1 Å². The molecule has 0 bridgehead atoms. The molecule has 0 saturated carbocycles. The van der Waals surface area contributed by atoms with Crippen molar-refractivity contribution in [3.05, 3.63) is 0 Å². The lowest BCUT2D eigenvalue weighted by Crippen LogP contribution is -2.54. The van der Waals surface area contributed by atoms with Gasteiger partial charge in [-0.1, -0.05) is 6.92 Å². The molecule has 0 aromatic rings. The fourth-order valence-electron chi connectivity index (χ4n) is 1.55. The second-order valence-electron chi connectivity index (χ2n) is 4.67. The molecule has 5 nitrogen and oxygen atoms in total. The van der Waals surface area contributed by atoms with Crippen LogP contribution < -0.4 is 11.1 Å². The molecule has 0 radical (unpaired) electrons. The second kappa shape index (κ2) is 4.71. The van der Waals surface area contributed by atoms with Crippen LogP contribution in [0, 0.1) is 0 Å². The van der Waals surface area contributed by atoms with Gasteiger partial charge < -0.3 is 11.1 Å². The van der Waals surface area contributed by atoms with Gasteiger partial charge in [-0.15, -0.1) is 0 Å². The highest BCUT2D eigenvalue weighted by Crippen LogP contribution is 2.13. The Morgan fingerprint density at radius 3 is 2.38 bits per heavy atom. The van der Waals surface area contributed by atoms with E-state index < -0.39 is 15.4 Å². The van der Waals surface area contributed by atoms with E-state index in [-0.39, 0.29) is 23.5 Å². The van der Waals surface area contributed by atoms with E-state index in [2.05, 4.69) is 5.32 Å². The maximum atomic E-state index is 11.7. The summed E-state index contributed by atoms with van der Waals surface area (Å²) in [5, 5.41) is 2.82. The van der Waals surface area contributed by atoms with Crippen molar-refractivity contribution < 1.29 is 13.2 Å². The molecule has 16 heavy (non-hydrogen) atoms. The normalized spacial score (nSPS) is 24.7. The fourth-order valence-corrected chi connectivity index (χ4v) is 3.04. The van der Waals surface area contributed by atoms with E-state index in [0.717, 1.165) is 0 Å². The first kappa shape index (κ1) is 13.4. The standard InChI is InChI=1S/C10H20N2O3S/c1-3-10(2,11)9(13)12-8-4-6-16(14,15)7-5-8/h8H,3-7,11H2,1-2H3,(H,12,13). The lowest BCUT2D eigenvalue weighted by atomic mass is 9.98. The van der Waals surface area contributed by atoms with Gasteiger partial charge in [0.1, 0.15) is 9.84 Å². The Balaban J connectivity index is 2.49. The van der Waals surface area contributed by atoms with Crippen LogP contribution in [0.3, 0.4) is 0 Å². The lowest BCUT2D eigenvalue weighted by molar-refractivity contribution is -0.126. The molecule has 1 aliphatic rings. The minimum absolute atomic E-state index is 0.0505. The largest absolute Gasteiger partial charge is 0.352 e. The van der Waals surface area contributed by atoms with Gasteiger partial charge in [-0.25, -0.2) is 8.42 Å². The topological polar surface area (TPSA) is 89.3 Å². The molecule has 1 aliphatic heterocycles.